The molecule has 0 radical (unpaired) electrons. The van der Waals surface area contributed by atoms with Gasteiger partial charge < -0.3 is 4.42 Å². The van der Waals surface area contributed by atoms with E-state index >= 15 is 0 Å². The number of hydrogen-bond acceptors (Lipinski definition) is 3. The van der Waals surface area contributed by atoms with E-state index in [1.165, 1.54) is 12.1 Å². The van der Waals surface area contributed by atoms with Crippen LogP contribution in [0.2, 0.25) is 0 Å². The molecule has 0 aliphatic heterocycles. The summed E-state index contributed by atoms with van der Waals surface area (Å²) in [6, 6.07) is 10.00. The normalized spacial score (nSPS) is 12.3. The SMILES string of the molecule is Cc1ccc2oc3ccc(S(=O)(=O)O)cc3c2c1. The van der Waals surface area contributed by atoms with Crippen LogP contribution >= 0.6 is 0 Å². The van der Waals surface area contributed by atoms with Gasteiger partial charge in [-0.2, -0.15) is 8.42 Å². The second-order valence-electron chi connectivity index (χ2n) is 4.23. The van der Waals surface area contributed by atoms with Gasteiger partial charge in [0.25, 0.3) is 10.1 Å². The minimum absolute atomic E-state index is 0.126. The highest BCUT2D eigenvalue weighted by Gasteiger charge is 2.13. The number of rotatable bonds is 1. The molecule has 0 atom stereocenters. The van der Waals surface area contributed by atoms with Crippen molar-refractivity contribution in [2.24, 2.45) is 0 Å². The van der Waals surface area contributed by atoms with Gasteiger partial charge in [-0.05, 0) is 37.3 Å². The van der Waals surface area contributed by atoms with Gasteiger partial charge in [0.1, 0.15) is 11.2 Å². The van der Waals surface area contributed by atoms with Crippen molar-refractivity contribution in [2.75, 3.05) is 0 Å². The number of aryl methyl sites for hydroxylation is 1. The molecule has 92 valence electrons. The third-order valence-electron chi connectivity index (χ3n) is 2.89. The van der Waals surface area contributed by atoms with E-state index < -0.39 is 10.1 Å². The molecule has 3 rings (SSSR count). The van der Waals surface area contributed by atoms with Crippen molar-refractivity contribution in [3.8, 4) is 0 Å². The van der Waals surface area contributed by atoms with Crippen molar-refractivity contribution < 1.29 is 17.4 Å². The molecule has 0 saturated heterocycles. The lowest BCUT2D eigenvalue weighted by atomic mass is 10.1. The van der Waals surface area contributed by atoms with Gasteiger partial charge in [-0.1, -0.05) is 11.6 Å². The lowest BCUT2D eigenvalue weighted by molar-refractivity contribution is 0.483. The summed E-state index contributed by atoms with van der Waals surface area (Å²) in [6.07, 6.45) is 0. The number of fused-ring (bicyclic) bond motifs is 3. The maximum atomic E-state index is 11.1. The van der Waals surface area contributed by atoms with Crippen molar-refractivity contribution in [2.45, 2.75) is 11.8 Å². The number of hydrogen-bond donors (Lipinski definition) is 1. The first kappa shape index (κ1) is 11.3. The quantitative estimate of drug-likeness (QED) is 0.684. The Morgan fingerprint density at radius 2 is 1.61 bits per heavy atom. The van der Waals surface area contributed by atoms with E-state index in [4.69, 9.17) is 8.97 Å². The molecule has 0 aliphatic rings. The van der Waals surface area contributed by atoms with Crippen molar-refractivity contribution in [1.29, 1.82) is 0 Å². The number of furan rings is 1. The van der Waals surface area contributed by atoms with Gasteiger partial charge in [0.2, 0.25) is 0 Å². The van der Waals surface area contributed by atoms with Crippen LogP contribution in [-0.2, 0) is 10.1 Å². The molecule has 0 unspecified atom stereocenters. The van der Waals surface area contributed by atoms with Gasteiger partial charge in [-0.15, -0.1) is 0 Å². The zero-order valence-electron chi connectivity index (χ0n) is 9.54. The predicted octanol–water partition coefficient (Wildman–Crippen LogP) is 3.14. The van der Waals surface area contributed by atoms with E-state index in [0.717, 1.165) is 10.9 Å². The molecule has 0 spiro atoms. The summed E-state index contributed by atoms with van der Waals surface area (Å²) in [6.45, 7) is 1.95. The van der Waals surface area contributed by atoms with E-state index in [1.807, 2.05) is 25.1 Å². The van der Waals surface area contributed by atoms with Crippen molar-refractivity contribution in [3.63, 3.8) is 0 Å². The van der Waals surface area contributed by atoms with Gasteiger partial charge in [-0.3, -0.25) is 4.55 Å². The lowest BCUT2D eigenvalue weighted by Gasteiger charge is -1.96. The standard InChI is InChI=1S/C13H10O4S/c1-8-2-4-12-10(6-8)11-7-9(18(14,15)16)3-5-13(11)17-12/h2-7H,1H3,(H,14,15,16). The summed E-state index contributed by atoms with van der Waals surface area (Å²) in [7, 11) is -4.19. The first-order chi connectivity index (χ1) is 8.45. The largest absolute Gasteiger partial charge is 0.456 e. The maximum absolute atomic E-state index is 11.1. The van der Waals surface area contributed by atoms with Crippen LogP contribution in [0.15, 0.2) is 45.7 Å². The topological polar surface area (TPSA) is 67.5 Å². The second-order valence-corrected chi connectivity index (χ2v) is 5.66. The Labute approximate surface area is 104 Å². The Hall–Kier alpha value is -1.85. The first-order valence-corrected chi connectivity index (χ1v) is 6.79. The van der Waals surface area contributed by atoms with Gasteiger partial charge >= 0.3 is 0 Å². The molecular weight excluding hydrogens is 252 g/mol. The second kappa shape index (κ2) is 3.57. The molecule has 3 aromatic rings. The fourth-order valence-corrected chi connectivity index (χ4v) is 2.54. The summed E-state index contributed by atoms with van der Waals surface area (Å²) >= 11 is 0. The molecule has 5 heteroatoms. The van der Waals surface area contributed by atoms with Crippen molar-refractivity contribution in [3.05, 3.63) is 42.0 Å². The average Bonchev–Trinajstić information content (AvgIpc) is 2.65. The number of benzene rings is 2. The summed E-state index contributed by atoms with van der Waals surface area (Å²) in [5, 5.41) is 1.53. The molecule has 1 aromatic heterocycles. The van der Waals surface area contributed by atoms with Gasteiger partial charge in [0, 0.05) is 10.8 Å². The Bertz CT molecular complexity index is 859. The highest BCUT2D eigenvalue weighted by Crippen LogP contribution is 2.30. The summed E-state index contributed by atoms with van der Waals surface area (Å²) in [5.74, 6) is 0. The maximum Gasteiger partial charge on any atom is 0.294 e. The first-order valence-electron chi connectivity index (χ1n) is 5.35. The summed E-state index contributed by atoms with van der Waals surface area (Å²) in [5.41, 5.74) is 2.36. The third kappa shape index (κ3) is 1.68. The van der Waals surface area contributed by atoms with E-state index in [2.05, 4.69) is 0 Å². The van der Waals surface area contributed by atoms with Crippen LogP contribution < -0.4 is 0 Å². The highest BCUT2D eigenvalue weighted by molar-refractivity contribution is 7.85. The molecule has 2 aromatic carbocycles. The molecular formula is C13H10O4S. The van der Waals surface area contributed by atoms with Crippen LogP contribution in [0.25, 0.3) is 21.9 Å². The van der Waals surface area contributed by atoms with Crippen LogP contribution in [0.3, 0.4) is 0 Å². The van der Waals surface area contributed by atoms with Gasteiger partial charge in [-0.25, -0.2) is 0 Å². The van der Waals surface area contributed by atoms with Crippen LogP contribution in [0, 0.1) is 6.92 Å². The van der Waals surface area contributed by atoms with Crippen LogP contribution in [-0.4, -0.2) is 13.0 Å². The Kier molecular flexibility index (Phi) is 2.23. The Morgan fingerprint density at radius 3 is 2.28 bits per heavy atom. The van der Waals surface area contributed by atoms with Crippen LogP contribution in [0.4, 0.5) is 0 Å². The predicted molar refractivity (Wildman–Crippen MR) is 68.3 cm³/mol. The molecule has 0 saturated carbocycles. The summed E-state index contributed by atoms with van der Waals surface area (Å²) < 4.78 is 36.9. The van der Waals surface area contributed by atoms with E-state index in [9.17, 15) is 8.42 Å². The van der Waals surface area contributed by atoms with E-state index in [0.29, 0.717) is 16.6 Å². The van der Waals surface area contributed by atoms with Gasteiger partial charge in [0.15, 0.2) is 0 Å². The van der Waals surface area contributed by atoms with Gasteiger partial charge in [0.05, 0.1) is 4.90 Å². The fraction of sp³-hybridized carbons (Fsp3) is 0.0769. The zero-order chi connectivity index (χ0) is 12.9. The highest BCUT2D eigenvalue weighted by atomic mass is 32.2. The minimum Gasteiger partial charge on any atom is -0.456 e. The smallest absolute Gasteiger partial charge is 0.294 e. The molecule has 1 heterocycles. The fourth-order valence-electron chi connectivity index (χ4n) is 2.03. The summed E-state index contributed by atoms with van der Waals surface area (Å²) in [4.78, 5) is -0.126. The average molecular weight is 262 g/mol. The zero-order valence-corrected chi connectivity index (χ0v) is 10.4. The monoisotopic (exact) mass is 262 g/mol. The molecule has 4 nitrogen and oxygen atoms in total. The molecule has 0 aliphatic carbocycles. The van der Waals surface area contributed by atoms with Crippen LogP contribution in [0.5, 0.6) is 0 Å². The van der Waals surface area contributed by atoms with E-state index in [1.54, 1.807) is 6.07 Å². The van der Waals surface area contributed by atoms with Crippen molar-refractivity contribution >= 4 is 32.1 Å². The molecule has 18 heavy (non-hydrogen) atoms. The Balaban J connectivity index is 2.45. The van der Waals surface area contributed by atoms with E-state index in [-0.39, 0.29) is 4.90 Å². The molecule has 0 fully saturated rings. The third-order valence-corrected chi connectivity index (χ3v) is 3.74. The van der Waals surface area contributed by atoms with Crippen LogP contribution in [0.1, 0.15) is 5.56 Å². The minimum atomic E-state index is -4.19. The Morgan fingerprint density at radius 1 is 1.00 bits per heavy atom. The molecule has 0 amide bonds. The molecule has 1 N–H and O–H groups in total. The molecule has 0 bridgehead atoms. The van der Waals surface area contributed by atoms with Crippen molar-refractivity contribution in [1.82, 2.24) is 0 Å². The lowest BCUT2D eigenvalue weighted by Crippen LogP contribution is -1.96.